The smallest absolute Gasteiger partial charge is 0.178 e. The van der Waals surface area contributed by atoms with E-state index in [0.717, 1.165) is 5.52 Å². The topological polar surface area (TPSA) is 29.9 Å². The quantitative estimate of drug-likeness (QED) is 0.658. The van der Waals surface area contributed by atoms with E-state index >= 15 is 0 Å². The zero-order valence-corrected chi connectivity index (χ0v) is 9.81. The number of hydrogen-bond acceptors (Lipinski definition) is 2. The molecule has 1 N–H and O–H groups in total. The van der Waals surface area contributed by atoms with Crippen LogP contribution in [0.4, 0.5) is 4.39 Å². The minimum Gasteiger partial charge on any atom is -0.380 e. The summed E-state index contributed by atoms with van der Waals surface area (Å²) < 4.78 is 21.1. The number of aromatic amines is 1. The zero-order valence-electron chi connectivity index (χ0n) is 9.00. The zero-order chi connectivity index (χ0) is 11.5. The van der Waals surface area contributed by atoms with E-state index < -0.39 is 0 Å². The van der Waals surface area contributed by atoms with E-state index in [-0.39, 0.29) is 5.82 Å². The lowest BCUT2D eigenvalue weighted by Gasteiger charge is -2.04. The van der Waals surface area contributed by atoms with Gasteiger partial charge in [-0.25, -0.2) is 4.39 Å². The van der Waals surface area contributed by atoms with Gasteiger partial charge in [-0.3, -0.25) is 0 Å². The minimum atomic E-state index is -0.279. The van der Waals surface area contributed by atoms with Gasteiger partial charge in [-0.15, -0.1) is 0 Å². The number of halogens is 1. The molecular formula is C11H13FN2OS. The van der Waals surface area contributed by atoms with E-state index in [1.807, 2.05) is 17.6 Å². The Morgan fingerprint density at radius 1 is 1.50 bits per heavy atom. The summed E-state index contributed by atoms with van der Waals surface area (Å²) in [7, 11) is 0. The number of aromatic nitrogens is 2. The molecule has 16 heavy (non-hydrogen) atoms. The Morgan fingerprint density at radius 2 is 2.31 bits per heavy atom. The molecule has 0 amide bonds. The lowest BCUT2D eigenvalue weighted by molar-refractivity contribution is 0.139. The van der Waals surface area contributed by atoms with Crippen LogP contribution in [0.15, 0.2) is 18.2 Å². The van der Waals surface area contributed by atoms with E-state index in [1.54, 1.807) is 6.07 Å². The van der Waals surface area contributed by atoms with Crippen LogP contribution in [0.1, 0.15) is 6.92 Å². The number of H-pyrrole nitrogens is 1. The van der Waals surface area contributed by atoms with Crippen molar-refractivity contribution < 1.29 is 9.13 Å². The Hall–Kier alpha value is -1.20. The molecule has 0 spiro atoms. The van der Waals surface area contributed by atoms with Crippen molar-refractivity contribution in [2.24, 2.45) is 0 Å². The van der Waals surface area contributed by atoms with Gasteiger partial charge in [0.2, 0.25) is 0 Å². The maximum Gasteiger partial charge on any atom is 0.178 e. The fourth-order valence-electron chi connectivity index (χ4n) is 1.67. The first kappa shape index (κ1) is 11.3. The van der Waals surface area contributed by atoms with Crippen molar-refractivity contribution in [3.63, 3.8) is 0 Å². The number of para-hydroxylation sites is 1. The number of ether oxygens (including phenoxy) is 1. The highest BCUT2D eigenvalue weighted by molar-refractivity contribution is 7.71. The molecule has 0 aliphatic carbocycles. The number of fused-ring (bicyclic) bond motifs is 1. The summed E-state index contributed by atoms with van der Waals surface area (Å²) in [5.41, 5.74) is 1.24. The number of rotatable bonds is 4. The van der Waals surface area contributed by atoms with Gasteiger partial charge in [0.25, 0.3) is 0 Å². The number of nitrogens with one attached hydrogen (secondary N) is 1. The Morgan fingerprint density at radius 3 is 3.06 bits per heavy atom. The summed E-state index contributed by atoms with van der Waals surface area (Å²) in [6.07, 6.45) is 0. The monoisotopic (exact) mass is 240 g/mol. The van der Waals surface area contributed by atoms with Crippen molar-refractivity contribution in [1.29, 1.82) is 0 Å². The van der Waals surface area contributed by atoms with Crippen molar-refractivity contribution >= 4 is 23.3 Å². The summed E-state index contributed by atoms with van der Waals surface area (Å²) >= 11 is 5.15. The lowest BCUT2D eigenvalue weighted by atomic mass is 10.3. The maximum absolute atomic E-state index is 13.4. The van der Waals surface area contributed by atoms with Crippen LogP contribution in [0.2, 0.25) is 0 Å². The van der Waals surface area contributed by atoms with Crippen LogP contribution in [0.3, 0.4) is 0 Å². The fraction of sp³-hybridized carbons (Fsp3) is 0.364. The SMILES string of the molecule is CCOCCn1c(=S)[nH]c2c(F)cccc21. The number of benzene rings is 1. The van der Waals surface area contributed by atoms with Crippen molar-refractivity contribution in [3.05, 3.63) is 28.8 Å². The molecule has 0 saturated heterocycles. The van der Waals surface area contributed by atoms with E-state index in [2.05, 4.69) is 4.98 Å². The molecule has 0 fully saturated rings. The first-order chi connectivity index (χ1) is 7.74. The summed E-state index contributed by atoms with van der Waals surface area (Å²) in [6.45, 7) is 3.82. The van der Waals surface area contributed by atoms with Crippen LogP contribution in [0.5, 0.6) is 0 Å². The van der Waals surface area contributed by atoms with E-state index in [1.165, 1.54) is 6.07 Å². The van der Waals surface area contributed by atoms with Gasteiger partial charge in [0.05, 0.1) is 12.1 Å². The Balaban J connectivity index is 2.40. The molecule has 0 unspecified atom stereocenters. The predicted molar refractivity (Wildman–Crippen MR) is 63.6 cm³/mol. The molecule has 1 heterocycles. The van der Waals surface area contributed by atoms with Gasteiger partial charge in [0.1, 0.15) is 11.3 Å². The van der Waals surface area contributed by atoms with Gasteiger partial charge in [-0.1, -0.05) is 6.07 Å². The third kappa shape index (κ3) is 2.01. The molecule has 0 radical (unpaired) electrons. The molecule has 2 rings (SSSR count). The van der Waals surface area contributed by atoms with Crippen LogP contribution in [0, 0.1) is 10.6 Å². The first-order valence-corrected chi connectivity index (χ1v) is 5.59. The largest absolute Gasteiger partial charge is 0.380 e. The van der Waals surface area contributed by atoms with Gasteiger partial charge < -0.3 is 14.3 Å². The minimum absolute atomic E-state index is 0.279. The highest BCUT2D eigenvalue weighted by Crippen LogP contribution is 2.16. The van der Waals surface area contributed by atoms with Gasteiger partial charge in [0, 0.05) is 13.2 Å². The summed E-state index contributed by atoms with van der Waals surface area (Å²) in [4.78, 5) is 2.87. The fourth-order valence-corrected chi connectivity index (χ4v) is 1.96. The number of hydrogen-bond donors (Lipinski definition) is 1. The van der Waals surface area contributed by atoms with Crippen LogP contribution in [-0.4, -0.2) is 22.8 Å². The van der Waals surface area contributed by atoms with Crippen LogP contribution < -0.4 is 0 Å². The van der Waals surface area contributed by atoms with Gasteiger partial charge in [-0.05, 0) is 31.3 Å². The standard InChI is InChI=1S/C11H13FN2OS/c1-2-15-7-6-14-9-5-3-4-8(12)10(9)13-11(14)16/h3-5H,2,6-7H2,1H3,(H,13,16). The van der Waals surface area contributed by atoms with Crippen molar-refractivity contribution in [1.82, 2.24) is 9.55 Å². The van der Waals surface area contributed by atoms with E-state index in [4.69, 9.17) is 17.0 Å². The predicted octanol–water partition coefficient (Wildman–Crippen LogP) is 2.87. The highest BCUT2D eigenvalue weighted by Gasteiger charge is 2.07. The molecule has 3 nitrogen and oxygen atoms in total. The molecule has 2 aromatic rings. The second-order valence-corrected chi connectivity index (χ2v) is 3.80. The normalized spacial score (nSPS) is 11.1. The molecular weight excluding hydrogens is 227 g/mol. The summed E-state index contributed by atoms with van der Waals surface area (Å²) in [6, 6.07) is 4.94. The van der Waals surface area contributed by atoms with Crippen LogP contribution >= 0.6 is 12.2 Å². The third-order valence-corrected chi connectivity index (χ3v) is 2.75. The molecule has 0 atom stereocenters. The average Bonchev–Trinajstić information content (AvgIpc) is 2.58. The van der Waals surface area contributed by atoms with E-state index in [0.29, 0.717) is 30.0 Å². The molecule has 1 aromatic heterocycles. The molecule has 5 heteroatoms. The Labute approximate surface area is 97.8 Å². The second-order valence-electron chi connectivity index (χ2n) is 3.41. The summed E-state index contributed by atoms with van der Waals surface area (Å²) in [5.74, 6) is -0.279. The number of imidazole rings is 1. The van der Waals surface area contributed by atoms with Crippen molar-refractivity contribution in [2.75, 3.05) is 13.2 Å². The molecule has 86 valence electrons. The molecule has 0 aliphatic rings. The first-order valence-electron chi connectivity index (χ1n) is 5.19. The van der Waals surface area contributed by atoms with Gasteiger partial charge in [0.15, 0.2) is 4.77 Å². The lowest BCUT2D eigenvalue weighted by Crippen LogP contribution is -2.05. The van der Waals surface area contributed by atoms with Crippen molar-refractivity contribution in [3.8, 4) is 0 Å². The van der Waals surface area contributed by atoms with Gasteiger partial charge >= 0.3 is 0 Å². The second kappa shape index (κ2) is 4.76. The maximum atomic E-state index is 13.4. The highest BCUT2D eigenvalue weighted by atomic mass is 32.1. The Kier molecular flexibility index (Phi) is 3.36. The van der Waals surface area contributed by atoms with Gasteiger partial charge in [-0.2, -0.15) is 0 Å². The molecule has 0 bridgehead atoms. The molecule has 1 aromatic carbocycles. The van der Waals surface area contributed by atoms with Crippen LogP contribution in [0.25, 0.3) is 11.0 Å². The van der Waals surface area contributed by atoms with E-state index in [9.17, 15) is 4.39 Å². The van der Waals surface area contributed by atoms with Crippen LogP contribution in [-0.2, 0) is 11.3 Å². The molecule has 0 aliphatic heterocycles. The number of nitrogens with zero attached hydrogens (tertiary/aromatic N) is 1. The molecule has 0 saturated carbocycles. The summed E-state index contributed by atoms with van der Waals surface area (Å²) in [5, 5.41) is 0. The van der Waals surface area contributed by atoms with Crippen molar-refractivity contribution in [2.45, 2.75) is 13.5 Å². The Bertz CT molecular complexity index is 546. The third-order valence-electron chi connectivity index (χ3n) is 2.42. The average molecular weight is 240 g/mol.